The minimum Gasteiger partial charge on any atom is -0.472 e. The number of rotatable bonds is 3. The van der Waals surface area contributed by atoms with Gasteiger partial charge in [-0.25, -0.2) is 0 Å². The molecular weight excluding hydrogens is 394 g/mol. The number of hydrogen-bond donors (Lipinski definition) is 0. The summed E-state index contributed by atoms with van der Waals surface area (Å²) < 4.78 is 12.5. The van der Waals surface area contributed by atoms with Gasteiger partial charge in [0.2, 0.25) is 0 Å². The molecule has 0 spiro atoms. The van der Waals surface area contributed by atoms with Crippen LogP contribution in [0.1, 0.15) is 16.7 Å². The summed E-state index contributed by atoms with van der Waals surface area (Å²) >= 11 is 0. The molecular formula is C29H25NO2. The zero-order valence-electron chi connectivity index (χ0n) is 17.9. The molecule has 2 heterocycles. The lowest BCUT2D eigenvalue weighted by Crippen LogP contribution is -2.36. The maximum atomic E-state index is 6.97. The molecule has 0 N–H and O–H groups in total. The average molecular weight is 420 g/mol. The van der Waals surface area contributed by atoms with E-state index in [9.17, 15) is 0 Å². The van der Waals surface area contributed by atoms with Crippen LogP contribution in [0.2, 0.25) is 0 Å². The highest BCUT2D eigenvalue weighted by Gasteiger charge is 2.37. The first-order chi connectivity index (χ1) is 15.8. The topological polar surface area (TPSA) is 21.7 Å². The molecule has 3 heteroatoms. The number of morpholine rings is 1. The molecule has 0 saturated carbocycles. The van der Waals surface area contributed by atoms with Crippen molar-refractivity contribution < 1.29 is 9.47 Å². The molecule has 1 saturated heterocycles. The second kappa shape index (κ2) is 7.85. The number of hydrogen-bond acceptors (Lipinski definition) is 3. The van der Waals surface area contributed by atoms with E-state index in [0.29, 0.717) is 0 Å². The maximum absolute atomic E-state index is 6.97. The summed E-state index contributed by atoms with van der Waals surface area (Å²) in [6.07, 6.45) is 4.40. The van der Waals surface area contributed by atoms with E-state index in [2.05, 4.69) is 108 Å². The zero-order valence-corrected chi connectivity index (χ0v) is 17.9. The molecule has 2 aliphatic rings. The molecule has 0 aromatic heterocycles. The SMILES string of the molecule is C1=CC(c2ccccc2)(c2ccc(N3CCOCC3)cc2)Oc2c1ccc1ccccc21. The number of fused-ring (bicyclic) bond motifs is 3. The van der Waals surface area contributed by atoms with E-state index in [-0.39, 0.29) is 0 Å². The molecule has 0 amide bonds. The third kappa shape index (κ3) is 3.17. The van der Waals surface area contributed by atoms with Crippen molar-refractivity contribution in [2.45, 2.75) is 5.60 Å². The Bertz CT molecular complexity index is 1270. The van der Waals surface area contributed by atoms with Gasteiger partial charge in [-0.1, -0.05) is 84.9 Å². The standard InChI is InChI=1S/C29H25NO2/c1-2-7-24(8-3-1)29(25-12-14-26(15-13-25)30-18-20-31-21-19-30)17-16-23-11-10-22-6-4-5-9-27(22)28(23)32-29/h1-17H,18-21H2. The highest BCUT2D eigenvalue weighted by Crippen LogP contribution is 2.45. The molecule has 3 nitrogen and oxygen atoms in total. The van der Waals surface area contributed by atoms with Crippen LogP contribution in [0.5, 0.6) is 5.75 Å². The van der Waals surface area contributed by atoms with Gasteiger partial charge in [0.15, 0.2) is 5.60 Å². The van der Waals surface area contributed by atoms with E-state index in [1.807, 2.05) is 0 Å². The van der Waals surface area contributed by atoms with Crippen molar-refractivity contribution in [2.75, 3.05) is 31.2 Å². The fourth-order valence-corrected chi connectivity index (χ4v) is 4.81. The Labute approximate surface area is 188 Å². The normalized spacial score (nSPS) is 20.1. The zero-order chi connectivity index (χ0) is 21.4. The van der Waals surface area contributed by atoms with Crippen LogP contribution in [-0.4, -0.2) is 26.3 Å². The molecule has 1 unspecified atom stereocenters. The third-order valence-corrected chi connectivity index (χ3v) is 6.55. The highest BCUT2D eigenvalue weighted by atomic mass is 16.5. The van der Waals surface area contributed by atoms with E-state index in [1.165, 1.54) is 11.1 Å². The molecule has 0 bridgehead atoms. The van der Waals surface area contributed by atoms with Gasteiger partial charge in [-0.15, -0.1) is 0 Å². The summed E-state index contributed by atoms with van der Waals surface area (Å²) in [5.41, 5.74) is 3.90. The Kier molecular flexibility index (Phi) is 4.70. The van der Waals surface area contributed by atoms with E-state index in [1.54, 1.807) is 0 Å². The summed E-state index contributed by atoms with van der Waals surface area (Å²) in [6, 6.07) is 32.1. The van der Waals surface area contributed by atoms with Crippen LogP contribution in [0.15, 0.2) is 97.1 Å². The number of ether oxygens (including phenoxy) is 2. The van der Waals surface area contributed by atoms with Crippen LogP contribution < -0.4 is 9.64 Å². The van der Waals surface area contributed by atoms with Crippen molar-refractivity contribution in [1.29, 1.82) is 0 Å². The predicted octanol–water partition coefficient (Wildman–Crippen LogP) is 6.03. The molecule has 158 valence electrons. The number of anilines is 1. The van der Waals surface area contributed by atoms with Gasteiger partial charge >= 0.3 is 0 Å². The number of nitrogens with zero attached hydrogens (tertiary/aromatic N) is 1. The average Bonchev–Trinajstić information content (AvgIpc) is 2.89. The molecule has 0 radical (unpaired) electrons. The lowest BCUT2D eigenvalue weighted by molar-refractivity contribution is 0.122. The van der Waals surface area contributed by atoms with Crippen molar-refractivity contribution in [3.05, 3.63) is 114 Å². The van der Waals surface area contributed by atoms with Crippen LogP contribution in [0.25, 0.3) is 16.8 Å². The Balaban J connectivity index is 1.48. The molecule has 6 rings (SSSR count). The second-order valence-corrected chi connectivity index (χ2v) is 8.39. The molecule has 2 aliphatic heterocycles. The number of benzene rings is 4. The van der Waals surface area contributed by atoms with Crippen molar-refractivity contribution in [3.63, 3.8) is 0 Å². The van der Waals surface area contributed by atoms with Crippen LogP contribution in [0.4, 0.5) is 5.69 Å². The first kappa shape index (κ1) is 19.1. The lowest BCUT2D eigenvalue weighted by Gasteiger charge is -2.37. The molecule has 32 heavy (non-hydrogen) atoms. The third-order valence-electron chi connectivity index (χ3n) is 6.55. The van der Waals surface area contributed by atoms with Crippen molar-refractivity contribution in [2.24, 2.45) is 0 Å². The Morgan fingerprint density at radius 1 is 0.688 bits per heavy atom. The van der Waals surface area contributed by atoms with Gasteiger partial charge in [-0.05, 0) is 23.6 Å². The Hall–Kier alpha value is -3.56. The summed E-state index contributed by atoms with van der Waals surface area (Å²) in [6.45, 7) is 3.43. The lowest BCUT2D eigenvalue weighted by atomic mass is 9.83. The summed E-state index contributed by atoms with van der Waals surface area (Å²) in [7, 11) is 0. The van der Waals surface area contributed by atoms with Crippen LogP contribution in [0.3, 0.4) is 0 Å². The van der Waals surface area contributed by atoms with Crippen molar-refractivity contribution >= 4 is 22.5 Å². The van der Waals surface area contributed by atoms with Crippen molar-refractivity contribution in [3.8, 4) is 5.75 Å². The van der Waals surface area contributed by atoms with Gasteiger partial charge in [-0.2, -0.15) is 0 Å². The van der Waals surface area contributed by atoms with Crippen molar-refractivity contribution in [1.82, 2.24) is 0 Å². The predicted molar refractivity (Wildman–Crippen MR) is 130 cm³/mol. The van der Waals surface area contributed by atoms with Crippen LogP contribution in [0, 0.1) is 0 Å². The van der Waals surface area contributed by atoms with Crippen LogP contribution >= 0.6 is 0 Å². The van der Waals surface area contributed by atoms with E-state index >= 15 is 0 Å². The summed E-state index contributed by atoms with van der Waals surface area (Å²) in [5, 5.41) is 2.32. The Morgan fingerprint density at radius 2 is 1.41 bits per heavy atom. The van der Waals surface area contributed by atoms with E-state index < -0.39 is 5.60 Å². The van der Waals surface area contributed by atoms with Gasteiger partial charge in [0.05, 0.1) is 13.2 Å². The molecule has 4 aromatic carbocycles. The molecule has 0 aliphatic carbocycles. The monoisotopic (exact) mass is 419 g/mol. The fraction of sp³-hybridized carbons (Fsp3) is 0.172. The summed E-state index contributed by atoms with van der Waals surface area (Å²) in [4.78, 5) is 2.38. The minimum absolute atomic E-state index is 0.679. The first-order valence-corrected chi connectivity index (χ1v) is 11.2. The molecule has 1 fully saturated rings. The Morgan fingerprint density at radius 3 is 2.22 bits per heavy atom. The quantitative estimate of drug-likeness (QED) is 0.405. The van der Waals surface area contributed by atoms with E-state index in [4.69, 9.17) is 9.47 Å². The van der Waals surface area contributed by atoms with Gasteiger partial charge in [0.25, 0.3) is 0 Å². The fourth-order valence-electron chi connectivity index (χ4n) is 4.81. The smallest absolute Gasteiger partial charge is 0.178 e. The molecule has 1 atom stereocenters. The largest absolute Gasteiger partial charge is 0.472 e. The van der Waals surface area contributed by atoms with Gasteiger partial charge < -0.3 is 14.4 Å². The maximum Gasteiger partial charge on any atom is 0.178 e. The highest BCUT2D eigenvalue weighted by molar-refractivity contribution is 5.92. The molecule has 4 aromatic rings. The minimum atomic E-state index is -0.679. The van der Waals surface area contributed by atoms with E-state index in [0.717, 1.165) is 54.1 Å². The van der Waals surface area contributed by atoms with Gasteiger partial charge in [-0.3, -0.25) is 0 Å². The first-order valence-electron chi connectivity index (χ1n) is 11.2. The van der Waals surface area contributed by atoms with Crippen LogP contribution in [-0.2, 0) is 10.3 Å². The van der Waals surface area contributed by atoms with Gasteiger partial charge in [0.1, 0.15) is 5.75 Å². The summed E-state index contributed by atoms with van der Waals surface area (Å²) in [5.74, 6) is 0.937. The van der Waals surface area contributed by atoms with Gasteiger partial charge in [0, 0.05) is 40.9 Å². The second-order valence-electron chi connectivity index (χ2n) is 8.39.